The first-order chi connectivity index (χ1) is 30.0. The monoisotopic (exact) mass is 897 g/mol. The molecule has 0 aromatic rings. The van der Waals surface area contributed by atoms with E-state index in [1.807, 2.05) is 6.08 Å². The van der Waals surface area contributed by atoms with Gasteiger partial charge in [0, 0.05) is 19.3 Å². The van der Waals surface area contributed by atoms with Crippen molar-refractivity contribution in [3.05, 3.63) is 48.6 Å². The van der Waals surface area contributed by atoms with Gasteiger partial charge in [-0.25, -0.2) is 4.57 Å². The van der Waals surface area contributed by atoms with E-state index in [-0.39, 0.29) is 31.5 Å². The van der Waals surface area contributed by atoms with E-state index in [1.165, 1.54) is 122 Å². The molecule has 11 nitrogen and oxygen atoms in total. The Morgan fingerprint density at radius 3 is 1.66 bits per heavy atom. The second-order valence-corrected chi connectivity index (χ2v) is 18.5. The zero-order valence-corrected chi connectivity index (χ0v) is 40.1. The lowest BCUT2D eigenvalue weighted by Crippen LogP contribution is -2.30. The molecule has 3 atom stereocenters. The van der Waals surface area contributed by atoms with Gasteiger partial charge in [-0.05, 0) is 50.5 Å². The molecule has 0 heterocycles. The summed E-state index contributed by atoms with van der Waals surface area (Å²) >= 11 is 0. The molecule has 1 unspecified atom stereocenters. The number of esters is 2. The molecule has 12 heteroatoms. The molecule has 360 valence electrons. The minimum atomic E-state index is -4.69. The van der Waals surface area contributed by atoms with Gasteiger partial charge in [-0.1, -0.05) is 192 Å². The first-order valence-corrected chi connectivity index (χ1v) is 25.9. The molecule has 0 saturated carbocycles. The number of carbonyl (C=O) groups excluding carboxylic acids is 3. The first kappa shape index (κ1) is 59.6. The second kappa shape index (κ2) is 43.8. The Kier molecular flexibility index (Phi) is 42.1. The Morgan fingerprint density at radius 2 is 1.10 bits per heavy atom. The van der Waals surface area contributed by atoms with Crippen LogP contribution in [0.25, 0.3) is 0 Å². The molecule has 0 aliphatic heterocycles. The van der Waals surface area contributed by atoms with Crippen LogP contribution in [0.5, 0.6) is 0 Å². The van der Waals surface area contributed by atoms with Gasteiger partial charge in [-0.2, -0.15) is 0 Å². The van der Waals surface area contributed by atoms with Crippen LogP contribution in [0.1, 0.15) is 207 Å². The van der Waals surface area contributed by atoms with Crippen molar-refractivity contribution < 1.29 is 52.6 Å². The summed E-state index contributed by atoms with van der Waals surface area (Å²) in [6.45, 7) is 4.45. The van der Waals surface area contributed by atoms with E-state index < -0.39 is 58.4 Å². The molecule has 0 amide bonds. The highest BCUT2D eigenvalue weighted by molar-refractivity contribution is 7.47. The smallest absolute Gasteiger partial charge is 0.462 e. The van der Waals surface area contributed by atoms with Crippen LogP contribution in [-0.4, -0.2) is 71.5 Å². The average Bonchev–Trinajstić information content (AvgIpc) is 3.24. The number of unbranched alkanes of at least 4 members (excludes halogenated alkanes) is 20. The van der Waals surface area contributed by atoms with E-state index >= 15 is 0 Å². The molecule has 0 fully saturated rings. The summed E-state index contributed by atoms with van der Waals surface area (Å²) in [5.41, 5.74) is 0. The van der Waals surface area contributed by atoms with Gasteiger partial charge in [0.25, 0.3) is 0 Å². The molecule has 0 spiro atoms. The highest BCUT2D eigenvalue weighted by Gasteiger charge is 2.27. The number of phosphoric ester groups is 1. The average molecular weight is 897 g/mol. The number of hydrogen-bond donors (Lipinski definition) is 3. The van der Waals surface area contributed by atoms with Gasteiger partial charge >= 0.3 is 19.8 Å². The third-order valence-electron chi connectivity index (χ3n) is 10.4. The van der Waals surface area contributed by atoms with E-state index in [4.69, 9.17) is 19.1 Å². The van der Waals surface area contributed by atoms with E-state index in [1.54, 1.807) is 12.2 Å². The van der Waals surface area contributed by atoms with Gasteiger partial charge in [0.15, 0.2) is 11.9 Å². The van der Waals surface area contributed by atoms with Crippen LogP contribution < -0.4 is 0 Å². The third kappa shape index (κ3) is 44.2. The number of ether oxygens (including phenoxy) is 2. The standard InChI is InChI=1S/C50H89O11P/c1-4-5-6-7-8-9-10-17-21-24-27-30-33-37-46(52)38-35-40-50(55)61-48(44-60-62(56,57)59-42-47(53)41-51)43-58-49(54)39-34-31-28-25-22-19-16-14-12-11-13-15-18-20-23-26-29-32-36-45(2)3/h8-9,17,21,27,30,33,37,45,47-48,51,53H,4-7,10-16,18-20,22-26,28-29,31-32,34-36,38-44H2,1-3H3,(H,56,57)/b9-8-,21-17-,30-27-,37-33+/t47-,48+/m0/s1. The Balaban J connectivity index is 4.35. The minimum Gasteiger partial charge on any atom is -0.462 e. The molecule has 0 aliphatic rings. The highest BCUT2D eigenvalue weighted by Crippen LogP contribution is 2.43. The number of allylic oxidation sites excluding steroid dienone is 8. The number of phosphoric acid groups is 1. The summed E-state index contributed by atoms with van der Waals surface area (Å²) < 4.78 is 32.6. The largest absolute Gasteiger partial charge is 0.472 e. The summed E-state index contributed by atoms with van der Waals surface area (Å²) in [5, 5.41) is 18.4. The zero-order chi connectivity index (χ0) is 45.8. The van der Waals surface area contributed by atoms with E-state index in [2.05, 4.69) is 49.6 Å². The summed E-state index contributed by atoms with van der Waals surface area (Å²) in [5.74, 6) is -0.488. The molecule has 0 aliphatic carbocycles. The maximum Gasteiger partial charge on any atom is 0.472 e. The number of rotatable bonds is 45. The quantitative estimate of drug-likeness (QED) is 0.0133. The maximum absolute atomic E-state index is 12.6. The van der Waals surface area contributed by atoms with E-state index in [0.717, 1.165) is 44.4 Å². The van der Waals surface area contributed by atoms with Crippen LogP contribution >= 0.6 is 7.82 Å². The SMILES string of the molecule is CCCCC/C=C\C/C=C\C/C=C\C=C\C(=O)CCCC(=O)O[C@H](COC(=O)CCCCCCCCCCCCCCCCCCCCC(C)C)COP(=O)(O)OC[C@@H](O)CO. The van der Waals surface area contributed by atoms with Crippen molar-refractivity contribution in [2.75, 3.05) is 26.4 Å². The number of aliphatic hydroxyl groups is 2. The zero-order valence-electron chi connectivity index (χ0n) is 39.2. The first-order valence-electron chi connectivity index (χ1n) is 24.4. The fourth-order valence-electron chi connectivity index (χ4n) is 6.60. The normalized spacial score (nSPS) is 14.1. The van der Waals surface area contributed by atoms with Crippen LogP contribution in [-0.2, 0) is 37.5 Å². The Labute approximate surface area is 377 Å². The van der Waals surface area contributed by atoms with Crippen molar-refractivity contribution in [1.82, 2.24) is 0 Å². The van der Waals surface area contributed by atoms with Gasteiger partial charge < -0.3 is 24.6 Å². The molecule has 0 aromatic carbocycles. The van der Waals surface area contributed by atoms with Gasteiger partial charge in [0.2, 0.25) is 0 Å². The van der Waals surface area contributed by atoms with Crippen LogP contribution in [0.3, 0.4) is 0 Å². The molecule has 0 rings (SSSR count). The number of carbonyl (C=O) groups is 3. The lowest BCUT2D eigenvalue weighted by atomic mass is 10.0. The van der Waals surface area contributed by atoms with Crippen molar-refractivity contribution in [3.8, 4) is 0 Å². The number of aliphatic hydroxyl groups excluding tert-OH is 2. The maximum atomic E-state index is 12.6. The summed E-state index contributed by atoms with van der Waals surface area (Å²) in [4.78, 5) is 47.4. The van der Waals surface area contributed by atoms with Gasteiger partial charge in [0.1, 0.15) is 12.7 Å². The molecule has 0 radical (unpaired) electrons. The van der Waals surface area contributed by atoms with Crippen molar-refractivity contribution in [3.63, 3.8) is 0 Å². The predicted molar refractivity (Wildman–Crippen MR) is 252 cm³/mol. The lowest BCUT2D eigenvalue weighted by molar-refractivity contribution is -0.161. The van der Waals surface area contributed by atoms with E-state index in [9.17, 15) is 28.9 Å². The Morgan fingerprint density at radius 1 is 0.581 bits per heavy atom. The topological polar surface area (TPSA) is 166 Å². The minimum absolute atomic E-state index is 0.104. The molecule has 3 N–H and O–H groups in total. The Hall–Kier alpha value is -2.40. The fourth-order valence-corrected chi connectivity index (χ4v) is 7.39. The van der Waals surface area contributed by atoms with Crippen molar-refractivity contribution in [2.45, 2.75) is 219 Å². The van der Waals surface area contributed by atoms with Crippen LogP contribution in [0.4, 0.5) is 0 Å². The lowest BCUT2D eigenvalue weighted by Gasteiger charge is -2.20. The van der Waals surface area contributed by atoms with Gasteiger partial charge in [-0.3, -0.25) is 23.4 Å². The van der Waals surface area contributed by atoms with Crippen molar-refractivity contribution in [2.24, 2.45) is 5.92 Å². The van der Waals surface area contributed by atoms with Gasteiger partial charge in [0.05, 0.1) is 19.8 Å². The molecule has 0 bridgehead atoms. The van der Waals surface area contributed by atoms with E-state index in [0.29, 0.717) is 6.42 Å². The summed E-state index contributed by atoms with van der Waals surface area (Å²) in [7, 11) is -4.69. The predicted octanol–water partition coefficient (Wildman–Crippen LogP) is 12.7. The summed E-state index contributed by atoms with van der Waals surface area (Å²) in [6, 6.07) is 0. The van der Waals surface area contributed by atoms with Crippen LogP contribution in [0.2, 0.25) is 0 Å². The molecule has 0 aromatic heterocycles. The van der Waals surface area contributed by atoms with Crippen LogP contribution in [0, 0.1) is 5.92 Å². The molecule has 0 saturated heterocycles. The fraction of sp³-hybridized carbons (Fsp3) is 0.780. The Bertz CT molecular complexity index is 1250. The highest BCUT2D eigenvalue weighted by atomic mass is 31.2. The molecule has 62 heavy (non-hydrogen) atoms. The molecular formula is C50H89O11P. The molecular weight excluding hydrogens is 808 g/mol. The van der Waals surface area contributed by atoms with Crippen molar-refractivity contribution in [1.29, 1.82) is 0 Å². The summed E-state index contributed by atoms with van der Waals surface area (Å²) in [6.07, 6.45) is 43.7. The second-order valence-electron chi connectivity index (χ2n) is 17.0. The number of ketones is 1. The van der Waals surface area contributed by atoms with Crippen molar-refractivity contribution >= 4 is 25.5 Å². The number of hydrogen-bond acceptors (Lipinski definition) is 10. The van der Waals surface area contributed by atoms with Crippen LogP contribution in [0.15, 0.2) is 48.6 Å². The third-order valence-corrected chi connectivity index (χ3v) is 11.3. The van der Waals surface area contributed by atoms with Gasteiger partial charge in [-0.15, -0.1) is 0 Å².